The number of para-hydroxylation sites is 4. The zero-order chi connectivity index (χ0) is 13.0. The van der Waals surface area contributed by atoms with E-state index in [2.05, 4.69) is 0 Å². The van der Waals surface area contributed by atoms with E-state index in [1.807, 2.05) is 0 Å². The van der Waals surface area contributed by atoms with Gasteiger partial charge in [0.2, 0.25) is 0 Å². The molecule has 2 aromatic rings. The third-order valence-electron chi connectivity index (χ3n) is 2.22. The molecule has 0 aliphatic rings. The molecule has 2 rings (SSSR count). The fourth-order valence-corrected chi connectivity index (χ4v) is 2.12. The highest BCUT2D eigenvalue weighted by atomic mass is 31.1. The van der Waals surface area contributed by atoms with E-state index < -0.39 is 8.25 Å². The number of nitrogen functional groups attached to an aromatic ring is 2. The number of benzene rings is 2. The zero-order valence-electron chi connectivity index (χ0n) is 9.50. The van der Waals surface area contributed by atoms with Gasteiger partial charge in [-0.3, -0.25) is 0 Å². The molecular weight excluding hydrogens is 251 g/mol. The Labute approximate surface area is 105 Å². The lowest BCUT2D eigenvalue weighted by Gasteiger charge is -2.10. The standard InChI is InChI=1S/C12H13N2O3P/c13-9-5-1-3-7-11(9)16-18(15)17-12-8-4-2-6-10(12)14/h1-8,18H,13-14H2. The van der Waals surface area contributed by atoms with Crippen LogP contribution in [0.25, 0.3) is 0 Å². The monoisotopic (exact) mass is 264 g/mol. The van der Waals surface area contributed by atoms with E-state index in [0.717, 1.165) is 0 Å². The number of anilines is 2. The predicted octanol–water partition coefficient (Wildman–Crippen LogP) is 2.70. The van der Waals surface area contributed by atoms with Crippen LogP contribution in [0.1, 0.15) is 0 Å². The maximum absolute atomic E-state index is 11.7. The summed E-state index contributed by atoms with van der Waals surface area (Å²) in [5, 5.41) is 0. The average Bonchev–Trinajstić information content (AvgIpc) is 2.35. The molecule has 94 valence electrons. The second-order valence-corrected chi connectivity index (χ2v) is 4.44. The summed E-state index contributed by atoms with van der Waals surface area (Å²) < 4.78 is 22.0. The van der Waals surface area contributed by atoms with Crippen LogP contribution in [0.15, 0.2) is 48.5 Å². The Morgan fingerprint density at radius 2 is 1.17 bits per heavy atom. The Kier molecular flexibility index (Phi) is 3.75. The van der Waals surface area contributed by atoms with Crippen LogP contribution in [-0.4, -0.2) is 0 Å². The Morgan fingerprint density at radius 1 is 0.778 bits per heavy atom. The molecule has 18 heavy (non-hydrogen) atoms. The van der Waals surface area contributed by atoms with Gasteiger partial charge in [0.05, 0.1) is 11.4 Å². The summed E-state index contributed by atoms with van der Waals surface area (Å²) >= 11 is 0. The molecule has 0 unspecified atom stereocenters. The number of rotatable bonds is 4. The number of hydrogen-bond acceptors (Lipinski definition) is 5. The summed E-state index contributed by atoms with van der Waals surface area (Å²) in [6.45, 7) is 0. The predicted molar refractivity (Wildman–Crippen MR) is 72.0 cm³/mol. The largest absolute Gasteiger partial charge is 0.419 e. The summed E-state index contributed by atoms with van der Waals surface area (Å²) in [6.07, 6.45) is 0. The summed E-state index contributed by atoms with van der Waals surface area (Å²) in [5.74, 6) is 0.659. The molecule has 6 heteroatoms. The van der Waals surface area contributed by atoms with Crippen molar-refractivity contribution in [2.24, 2.45) is 0 Å². The van der Waals surface area contributed by atoms with Crippen molar-refractivity contribution in [3.8, 4) is 11.5 Å². The quantitative estimate of drug-likeness (QED) is 0.654. The molecule has 0 bridgehead atoms. The molecule has 0 aromatic heterocycles. The molecule has 0 fully saturated rings. The van der Waals surface area contributed by atoms with Gasteiger partial charge >= 0.3 is 8.25 Å². The third-order valence-corrected chi connectivity index (χ3v) is 3.00. The first-order valence-corrected chi connectivity index (χ1v) is 6.48. The number of nitrogens with two attached hydrogens (primary N) is 2. The Morgan fingerprint density at radius 3 is 1.56 bits per heavy atom. The van der Waals surface area contributed by atoms with Gasteiger partial charge in [0.25, 0.3) is 0 Å². The van der Waals surface area contributed by atoms with Crippen LogP contribution < -0.4 is 20.5 Å². The second-order valence-electron chi connectivity index (χ2n) is 3.53. The van der Waals surface area contributed by atoms with E-state index >= 15 is 0 Å². The van der Waals surface area contributed by atoms with E-state index in [9.17, 15) is 4.57 Å². The molecule has 0 saturated heterocycles. The van der Waals surface area contributed by atoms with Gasteiger partial charge in [0.15, 0.2) is 11.5 Å². The van der Waals surface area contributed by atoms with Gasteiger partial charge in [-0.05, 0) is 24.3 Å². The first kappa shape index (κ1) is 12.3. The summed E-state index contributed by atoms with van der Waals surface area (Å²) in [4.78, 5) is 0. The van der Waals surface area contributed by atoms with Gasteiger partial charge in [0.1, 0.15) is 0 Å². The second kappa shape index (κ2) is 5.47. The maximum atomic E-state index is 11.7. The highest BCUT2D eigenvalue weighted by Crippen LogP contribution is 2.35. The van der Waals surface area contributed by atoms with Gasteiger partial charge in [-0.25, -0.2) is 4.57 Å². The first-order chi connectivity index (χ1) is 8.66. The zero-order valence-corrected chi connectivity index (χ0v) is 10.5. The van der Waals surface area contributed by atoms with E-state index in [1.165, 1.54) is 0 Å². The molecule has 0 aliphatic heterocycles. The van der Waals surface area contributed by atoms with Crippen molar-refractivity contribution in [3.05, 3.63) is 48.5 Å². The highest BCUT2D eigenvalue weighted by Gasteiger charge is 2.08. The minimum atomic E-state index is -2.75. The Bertz CT molecular complexity index is 525. The molecule has 0 atom stereocenters. The van der Waals surface area contributed by atoms with E-state index in [-0.39, 0.29) is 0 Å². The van der Waals surface area contributed by atoms with Gasteiger partial charge < -0.3 is 20.5 Å². The van der Waals surface area contributed by atoms with E-state index in [4.69, 9.17) is 20.5 Å². The van der Waals surface area contributed by atoms with Crippen molar-refractivity contribution in [1.82, 2.24) is 0 Å². The molecule has 0 spiro atoms. The van der Waals surface area contributed by atoms with Crippen LogP contribution >= 0.6 is 8.25 Å². The van der Waals surface area contributed by atoms with Crippen LogP contribution in [0, 0.1) is 0 Å². The molecule has 2 aromatic carbocycles. The lowest BCUT2D eigenvalue weighted by molar-refractivity contribution is 0.417. The Balaban J connectivity index is 2.06. The van der Waals surface area contributed by atoms with Crippen molar-refractivity contribution < 1.29 is 13.6 Å². The normalized spacial score (nSPS) is 10.3. The van der Waals surface area contributed by atoms with Gasteiger partial charge in [-0.1, -0.05) is 24.3 Å². The van der Waals surface area contributed by atoms with Crippen LogP contribution in [0.2, 0.25) is 0 Å². The molecule has 0 saturated carbocycles. The van der Waals surface area contributed by atoms with E-state index in [0.29, 0.717) is 22.9 Å². The molecular formula is C12H13N2O3P. The highest BCUT2D eigenvalue weighted by molar-refractivity contribution is 7.34. The van der Waals surface area contributed by atoms with Crippen LogP contribution in [0.5, 0.6) is 11.5 Å². The van der Waals surface area contributed by atoms with Crippen LogP contribution in [0.4, 0.5) is 11.4 Å². The smallest absolute Gasteiger partial charge is 0.416 e. The lowest BCUT2D eigenvalue weighted by atomic mass is 10.3. The Hall–Kier alpha value is -2.13. The minimum Gasteiger partial charge on any atom is -0.416 e. The molecule has 4 N–H and O–H groups in total. The third kappa shape index (κ3) is 2.96. The lowest BCUT2D eigenvalue weighted by Crippen LogP contribution is -1.95. The van der Waals surface area contributed by atoms with Crippen molar-refractivity contribution in [3.63, 3.8) is 0 Å². The van der Waals surface area contributed by atoms with Crippen molar-refractivity contribution in [2.45, 2.75) is 0 Å². The average molecular weight is 264 g/mol. The molecule has 0 radical (unpaired) electrons. The van der Waals surface area contributed by atoms with E-state index in [1.54, 1.807) is 48.5 Å². The van der Waals surface area contributed by atoms with Crippen LogP contribution in [0.3, 0.4) is 0 Å². The van der Waals surface area contributed by atoms with Crippen LogP contribution in [-0.2, 0) is 4.57 Å². The van der Waals surface area contributed by atoms with Gasteiger partial charge in [0, 0.05) is 0 Å². The van der Waals surface area contributed by atoms with Gasteiger partial charge in [-0.15, -0.1) is 0 Å². The minimum absolute atomic E-state index is 0.330. The molecule has 0 aliphatic carbocycles. The molecule has 5 nitrogen and oxygen atoms in total. The SMILES string of the molecule is Nc1ccccc1O[PH](=O)Oc1ccccc1N. The fraction of sp³-hybridized carbons (Fsp3) is 0. The summed E-state index contributed by atoms with van der Waals surface area (Å²) in [6, 6.07) is 13.5. The molecule has 0 amide bonds. The summed E-state index contributed by atoms with van der Waals surface area (Å²) in [5.41, 5.74) is 12.1. The number of hydrogen-bond donors (Lipinski definition) is 2. The fourth-order valence-electron chi connectivity index (χ4n) is 1.35. The summed E-state index contributed by atoms with van der Waals surface area (Å²) in [7, 11) is -2.75. The van der Waals surface area contributed by atoms with Crippen molar-refractivity contribution in [2.75, 3.05) is 11.5 Å². The maximum Gasteiger partial charge on any atom is 0.419 e. The topological polar surface area (TPSA) is 87.6 Å². The first-order valence-electron chi connectivity index (χ1n) is 5.25. The van der Waals surface area contributed by atoms with Gasteiger partial charge in [-0.2, -0.15) is 0 Å². The molecule has 0 heterocycles. The van der Waals surface area contributed by atoms with Crippen molar-refractivity contribution in [1.29, 1.82) is 0 Å². The van der Waals surface area contributed by atoms with Crippen molar-refractivity contribution >= 4 is 19.6 Å².